The molecule has 18 heavy (non-hydrogen) atoms. The van der Waals surface area contributed by atoms with Crippen LogP contribution in [0.4, 0.5) is 4.39 Å². The summed E-state index contributed by atoms with van der Waals surface area (Å²) < 4.78 is 14.1. The van der Waals surface area contributed by atoms with Crippen LogP contribution in [-0.2, 0) is 4.79 Å². The molecule has 0 spiro atoms. The topological polar surface area (TPSA) is 80.9 Å². The average molecular weight is 248 g/mol. The van der Waals surface area contributed by atoms with Gasteiger partial charge in [0.25, 0.3) is 0 Å². The van der Waals surface area contributed by atoms with E-state index in [0.29, 0.717) is 11.4 Å². The van der Waals surface area contributed by atoms with Crippen LogP contribution in [0.3, 0.4) is 0 Å². The Morgan fingerprint density at radius 1 is 1.50 bits per heavy atom. The van der Waals surface area contributed by atoms with E-state index in [1.165, 1.54) is 24.3 Å². The number of carboxylic acid groups (broad SMARTS) is 1. The fourth-order valence-corrected chi connectivity index (χ4v) is 1.42. The molecular formula is C11H9FN4O2. The number of rotatable bonds is 3. The van der Waals surface area contributed by atoms with Crippen molar-refractivity contribution >= 4 is 17.7 Å². The Hall–Kier alpha value is -2.57. The maximum atomic E-state index is 13.0. The molecule has 0 saturated heterocycles. The third kappa shape index (κ3) is 2.40. The lowest BCUT2D eigenvalue weighted by molar-refractivity contribution is -0.130. The van der Waals surface area contributed by atoms with E-state index in [4.69, 9.17) is 5.11 Å². The highest BCUT2D eigenvalue weighted by molar-refractivity contribution is 6.14. The molecule has 0 saturated carbocycles. The second-order valence-electron chi connectivity index (χ2n) is 3.53. The van der Waals surface area contributed by atoms with Gasteiger partial charge in [-0.05, 0) is 41.1 Å². The van der Waals surface area contributed by atoms with E-state index in [1.807, 2.05) is 0 Å². The number of nitrogens with zero attached hydrogens (tertiary/aromatic N) is 4. The summed E-state index contributed by atoms with van der Waals surface area (Å²) in [7, 11) is 0. The van der Waals surface area contributed by atoms with Crippen molar-refractivity contribution in [1.82, 2.24) is 20.2 Å². The largest absolute Gasteiger partial charge is 0.477 e. The predicted molar refractivity (Wildman–Crippen MR) is 60.8 cm³/mol. The van der Waals surface area contributed by atoms with Crippen LogP contribution in [0.15, 0.2) is 24.3 Å². The smallest absolute Gasteiger partial charge is 0.354 e. The summed E-state index contributed by atoms with van der Waals surface area (Å²) in [4.78, 5) is 11.2. The Kier molecular flexibility index (Phi) is 3.13. The van der Waals surface area contributed by atoms with E-state index in [0.717, 1.165) is 4.68 Å². The Labute approximate surface area is 101 Å². The normalized spacial score (nSPS) is 11.6. The lowest BCUT2D eigenvalue weighted by atomic mass is 10.2. The van der Waals surface area contributed by atoms with Crippen LogP contribution in [-0.4, -0.2) is 31.3 Å². The van der Waals surface area contributed by atoms with Crippen LogP contribution >= 0.6 is 0 Å². The van der Waals surface area contributed by atoms with E-state index in [1.54, 1.807) is 13.0 Å². The molecule has 1 aromatic heterocycles. The van der Waals surface area contributed by atoms with Crippen molar-refractivity contribution in [1.29, 1.82) is 0 Å². The molecule has 2 aromatic rings. The molecule has 0 bridgehead atoms. The Morgan fingerprint density at radius 3 is 2.83 bits per heavy atom. The highest BCUT2D eigenvalue weighted by Crippen LogP contribution is 2.13. The Morgan fingerprint density at radius 2 is 2.28 bits per heavy atom. The predicted octanol–water partition coefficient (Wildman–Crippen LogP) is 1.20. The summed E-state index contributed by atoms with van der Waals surface area (Å²) in [5.41, 5.74) is 0.269. The second kappa shape index (κ2) is 4.74. The number of halogens is 1. The summed E-state index contributed by atoms with van der Waals surface area (Å²) in [6, 6.07) is 5.58. The molecule has 1 heterocycles. The number of aryl methyl sites for hydroxylation is 1. The molecule has 1 aromatic carbocycles. The van der Waals surface area contributed by atoms with Crippen LogP contribution in [0.5, 0.6) is 0 Å². The SMILES string of the molecule is Cc1nnnn1C(=Cc1cccc(F)c1)C(=O)O. The zero-order valence-corrected chi connectivity index (χ0v) is 9.41. The number of carbonyl (C=O) groups is 1. The van der Waals surface area contributed by atoms with Crippen LogP contribution in [0.1, 0.15) is 11.4 Å². The Balaban J connectivity index is 2.49. The van der Waals surface area contributed by atoms with Crippen molar-refractivity contribution in [3.05, 3.63) is 41.5 Å². The van der Waals surface area contributed by atoms with Gasteiger partial charge in [0.15, 0.2) is 11.5 Å². The standard InChI is InChI=1S/C11H9FN4O2/c1-7-13-14-15-16(7)10(11(17)18)6-8-3-2-4-9(12)5-8/h2-6H,1H3,(H,17,18). The number of tetrazole rings is 1. The number of carboxylic acids is 1. The van der Waals surface area contributed by atoms with Crippen LogP contribution in [0.25, 0.3) is 11.8 Å². The monoisotopic (exact) mass is 248 g/mol. The van der Waals surface area contributed by atoms with Crippen molar-refractivity contribution < 1.29 is 14.3 Å². The van der Waals surface area contributed by atoms with Crippen LogP contribution in [0, 0.1) is 12.7 Å². The average Bonchev–Trinajstić information content (AvgIpc) is 2.72. The van der Waals surface area contributed by atoms with Gasteiger partial charge in [-0.25, -0.2) is 9.18 Å². The number of hydrogen-bond acceptors (Lipinski definition) is 4. The van der Waals surface area contributed by atoms with Crippen molar-refractivity contribution in [3.63, 3.8) is 0 Å². The van der Waals surface area contributed by atoms with Crippen molar-refractivity contribution in [2.45, 2.75) is 6.92 Å². The molecule has 0 aliphatic carbocycles. The minimum Gasteiger partial charge on any atom is -0.477 e. The maximum Gasteiger partial charge on any atom is 0.354 e. The minimum absolute atomic E-state index is 0.150. The molecule has 1 N–H and O–H groups in total. The molecular weight excluding hydrogens is 239 g/mol. The fraction of sp³-hybridized carbons (Fsp3) is 0.0909. The van der Waals surface area contributed by atoms with Crippen LogP contribution < -0.4 is 0 Å². The van der Waals surface area contributed by atoms with Gasteiger partial charge < -0.3 is 5.11 Å². The summed E-state index contributed by atoms with van der Waals surface area (Å²) in [5.74, 6) is -1.31. The van der Waals surface area contributed by atoms with Crippen molar-refractivity contribution in [2.75, 3.05) is 0 Å². The zero-order valence-electron chi connectivity index (χ0n) is 9.41. The third-order valence-corrected chi connectivity index (χ3v) is 2.22. The molecule has 2 rings (SSSR count). The quantitative estimate of drug-likeness (QED) is 0.825. The molecule has 7 heteroatoms. The molecule has 6 nitrogen and oxygen atoms in total. The minimum atomic E-state index is -1.20. The zero-order chi connectivity index (χ0) is 13.1. The summed E-state index contributed by atoms with van der Waals surface area (Å²) in [6.07, 6.45) is 1.30. The van der Waals surface area contributed by atoms with E-state index in [2.05, 4.69) is 15.5 Å². The lowest BCUT2D eigenvalue weighted by Gasteiger charge is -2.02. The van der Waals surface area contributed by atoms with E-state index in [-0.39, 0.29) is 5.70 Å². The first-order chi connectivity index (χ1) is 8.58. The van der Waals surface area contributed by atoms with E-state index < -0.39 is 11.8 Å². The van der Waals surface area contributed by atoms with Crippen LogP contribution in [0.2, 0.25) is 0 Å². The summed E-state index contributed by atoms with van der Waals surface area (Å²) in [6.45, 7) is 1.57. The molecule has 0 fully saturated rings. The molecule has 0 aliphatic rings. The van der Waals surface area contributed by atoms with Gasteiger partial charge in [0.2, 0.25) is 0 Å². The number of benzene rings is 1. The highest BCUT2D eigenvalue weighted by atomic mass is 19.1. The van der Waals surface area contributed by atoms with Gasteiger partial charge in [-0.1, -0.05) is 12.1 Å². The van der Waals surface area contributed by atoms with E-state index >= 15 is 0 Å². The van der Waals surface area contributed by atoms with E-state index in [9.17, 15) is 9.18 Å². The lowest BCUT2D eigenvalue weighted by Crippen LogP contribution is -2.11. The number of aromatic nitrogens is 4. The molecule has 0 unspecified atom stereocenters. The molecule has 0 aliphatic heterocycles. The first-order valence-electron chi connectivity index (χ1n) is 5.04. The first kappa shape index (κ1) is 11.9. The molecule has 0 radical (unpaired) electrons. The molecule has 0 atom stereocenters. The maximum absolute atomic E-state index is 13.0. The van der Waals surface area contributed by atoms with Gasteiger partial charge in [-0.2, -0.15) is 4.68 Å². The van der Waals surface area contributed by atoms with Gasteiger partial charge in [0.1, 0.15) is 5.82 Å². The summed E-state index contributed by atoms with van der Waals surface area (Å²) >= 11 is 0. The highest BCUT2D eigenvalue weighted by Gasteiger charge is 2.14. The Bertz CT molecular complexity index is 621. The van der Waals surface area contributed by atoms with Crippen molar-refractivity contribution in [3.8, 4) is 0 Å². The first-order valence-corrected chi connectivity index (χ1v) is 5.04. The van der Waals surface area contributed by atoms with Gasteiger partial charge >= 0.3 is 5.97 Å². The van der Waals surface area contributed by atoms with Gasteiger partial charge in [0.05, 0.1) is 0 Å². The second-order valence-corrected chi connectivity index (χ2v) is 3.53. The number of hydrogen-bond donors (Lipinski definition) is 1. The number of aliphatic carboxylic acids is 1. The van der Waals surface area contributed by atoms with Gasteiger partial charge in [-0.15, -0.1) is 5.10 Å². The molecule has 92 valence electrons. The fourth-order valence-electron chi connectivity index (χ4n) is 1.42. The van der Waals surface area contributed by atoms with Gasteiger partial charge in [-0.3, -0.25) is 0 Å². The summed E-state index contributed by atoms with van der Waals surface area (Å²) in [5, 5.41) is 19.7. The molecule has 0 amide bonds. The van der Waals surface area contributed by atoms with Crippen molar-refractivity contribution in [2.24, 2.45) is 0 Å². The van der Waals surface area contributed by atoms with Gasteiger partial charge in [0, 0.05) is 0 Å². The third-order valence-electron chi connectivity index (χ3n) is 2.22.